The number of carbonyl (C=O) groups is 1. The molecule has 0 atom stereocenters. The molecule has 0 spiro atoms. The molecular formula is C11H9ClN2OS. The second kappa shape index (κ2) is 4.63. The number of halogens is 1. The summed E-state index contributed by atoms with van der Waals surface area (Å²) in [6.45, 7) is 4.00. The monoisotopic (exact) mass is 252 g/mol. The zero-order valence-electron chi connectivity index (χ0n) is 8.37. The Morgan fingerprint density at radius 2 is 2.44 bits per heavy atom. The van der Waals surface area contributed by atoms with Crippen LogP contribution in [0.2, 0.25) is 4.47 Å². The van der Waals surface area contributed by atoms with Gasteiger partial charge in [-0.15, -0.1) is 17.9 Å². The molecule has 2 rings (SSSR count). The first-order valence-electron chi connectivity index (χ1n) is 4.66. The maximum Gasteiger partial charge on any atom is 0.251 e. The van der Waals surface area contributed by atoms with Crippen LogP contribution in [0, 0.1) is 0 Å². The van der Waals surface area contributed by atoms with Crippen LogP contribution in [0.15, 0.2) is 30.9 Å². The smallest absolute Gasteiger partial charge is 0.251 e. The third kappa shape index (κ3) is 2.23. The van der Waals surface area contributed by atoms with E-state index < -0.39 is 0 Å². The lowest BCUT2D eigenvalue weighted by Crippen LogP contribution is -2.22. The first-order valence-corrected chi connectivity index (χ1v) is 5.85. The largest absolute Gasteiger partial charge is 0.349 e. The maximum atomic E-state index is 11.6. The molecule has 0 fully saturated rings. The molecule has 1 heterocycles. The minimum Gasteiger partial charge on any atom is -0.349 e. The second-order valence-electron chi connectivity index (χ2n) is 3.15. The van der Waals surface area contributed by atoms with E-state index in [4.69, 9.17) is 11.6 Å². The fraction of sp³-hybridized carbons (Fsp3) is 0.0909. The van der Waals surface area contributed by atoms with Crippen molar-refractivity contribution in [3.63, 3.8) is 0 Å². The average molecular weight is 253 g/mol. The maximum absolute atomic E-state index is 11.6. The van der Waals surface area contributed by atoms with Crippen molar-refractivity contribution in [1.82, 2.24) is 10.3 Å². The van der Waals surface area contributed by atoms with E-state index in [1.807, 2.05) is 0 Å². The molecule has 0 bridgehead atoms. The third-order valence-corrected chi connectivity index (χ3v) is 3.15. The van der Waals surface area contributed by atoms with Gasteiger partial charge in [0.2, 0.25) is 0 Å². The van der Waals surface area contributed by atoms with Gasteiger partial charge in [0, 0.05) is 12.1 Å². The van der Waals surface area contributed by atoms with E-state index in [-0.39, 0.29) is 5.91 Å². The van der Waals surface area contributed by atoms with Crippen LogP contribution in [0.5, 0.6) is 0 Å². The van der Waals surface area contributed by atoms with Crippen LogP contribution in [0.25, 0.3) is 10.2 Å². The number of fused-ring (bicyclic) bond motifs is 1. The molecule has 3 nitrogen and oxygen atoms in total. The average Bonchev–Trinajstić information content (AvgIpc) is 2.64. The molecule has 1 amide bonds. The number of thiazole rings is 1. The van der Waals surface area contributed by atoms with Crippen molar-refractivity contribution >= 4 is 39.1 Å². The predicted molar refractivity (Wildman–Crippen MR) is 67.2 cm³/mol. The van der Waals surface area contributed by atoms with E-state index in [1.54, 1.807) is 24.3 Å². The van der Waals surface area contributed by atoms with Gasteiger partial charge in [-0.1, -0.05) is 17.7 Å². The Balaban J connectivity index is 2.31. The fourth-order valence-corrected chi connectivity index (χ4v) is 2.37. The zero-order chi connectivity index (χ0) is 11.5. The van der Waals surface area contributed by atoms with Crippen LogP contribution in [-0.2, 0) is 0 Å². The lowest BCUT2D eigenvalue weighted by molar-refractivity contribution is 0.0958. The van der Waals surface area contributed by atoms with Crippen molar-refractivity contribution in [2.24, 2.45) is 0 Å². The van der Waals surface area contributed by atoms with E-state index in [2.05, 4.69) is 16.9 Å². The van der Waals surface area contributed by atoms with Gasteiger partial charge >= 0.3 is 0 Å². The highest BCUT2D eigenvalue weighted by Crippen LogP contribution is 2.26. The standard InChI is InChI=1S/C11H9ClN2OS/c1-2-5-13-10(15)7-3-4-8-9(6-7)16-11(12)14-8/h2-4,6H,1,5H2,(H,13,15). The summed E-state index contributed by atoms with van der Waals surface area (Å²) in [4.78, 5) is 15.8. The van der Waals surface area contributed by atoms with Gasteiger partial charge in [0.1, 0.15) is 0 Å². The summed E-state index contributed by atoms with van der Waals surface area (Å²) >= 11 is 7.15. The van der Waals surface area contributed by atoms with Gasteiger partial charge in [0.25, 0.3) is 5.91 Å². The van der Waals surface area contributed by atoms with Crippen molar-refractivity contribution < 1.29 is 4.79 Å². The third-order valence-electron chi connectivity index (χ3n) is 2.03. The summed E-state index contributed by atoms with van der Waals surface area (Å²) in [7, 11) is 0. The summed E-state index contributed by atoms with van der Waals surface area (Å²) in [6, 6.07) is 5.31. The van der Waals surface area contributed by atoms with E-state index >= 15 is 0 Å². The quantitative estimate of drug-likeness (QED) is 0.854. The summed E-state index contributed by atoms with van der Waals surface area (Å²) < 4.78 is 1.40. The highest BCUT2D eigenvalue weighted by molar-refractivity contribution is 7.22. The lowest BCUT2D eigenvalue weighted by Gasteiger charge is -2.01. The molecule has 0 aliphatic heterocycles. The highest BCUT2D eigenvalue weighted by Gasteiger charge is 2.07. The number of amides is 1. The first kappa shape index (κ1) is 11.1. The Morgan fingerprint density at radius 3 is 3.19 bits per heavy atom. The van der Waals surface area contributed by atoms with Crippen LogP contribution in [0.1, 0.15) is 10.4 Å². The van der Waals surface area contributed by atoms with Crippen LogP contribution in [-0.4, -0.2) is 17.4 Å². The number of aromatic nitrogens is 1. The normalized spacial score (nSPS) is 10.3. The predicted octanol–water partition coefficient (Wildman–Crippen LogP) is 2.87. The van der Waals surface area contributed by atoms with E-state index in [0.29, 0.717) is 16.6 Å². The van der Waals surface area contributed by atoms with Gasteiger partial charge in [0.05, 0.1) is 10.2 Å². The Morgan fingerprint density at radius 1 is 1.62 bits per heavy atom. The van der Waals surface area contributed by atoms with Crippen molar-refractivity contribution in [1.29, 1.82) is 0 Å². The molecule has 16 heavy (non-hydrogen) atoms. The molecule has 1 aromatic heterocycles. The van der Waals surface area contributed by atoms with Gasteiger partial charge in [-0.3, -0.25) is 4.79 Å². The van der Waals surface area contributed by atoms with Gasteiger partial charge in [-0.2, -0.15) is 0 Å². The molecule has 0 unspecified atom stereocenters. The van der Waals surface area contributed by atoms with Gasteiger partial charge in [-0.05, 0) is 18.2 Å². The molecular weight excluding hydrogens is 244 g/mol. The molecule has 0 aliphatic rings. The Hall–Kier alpha value is -1.39. The Kier molecular flexibility index (Phi) is 3.22. The van der Waals surface area contributed by atoms with Gasteiger partial charge in [-0.25, -0.2) is 4.98 Å². The summed E-state index contributed by atoms with van der Waals surface area (Å²) in [6.07, 6.45) is 1.64. The van der Waals surface area contributed by atoms with Crippen molar-refractivity contribution in [3.05, 3.63) is 40.9 Å². The topological polar surface area (TPSA) is 42.0 Å². The number of hydrogen-bond acceptors (Lipinski definition) is 3. The summed E-state index contributed by atoms with van der Waals surface area (Å²) in [5.41, 5.74) is 1.42. The van der Waals surface area contributed by atoms with Crippen molar-refractivity contribution in [2.45, 2.75) is 0 Å². The molecule has 1 aromatic carbocycles. The molecule has 82 valence electrons. The lowest BCUT2D eigenvalue weighted by atomic mass is 10.2. The fourth-order valence-electron chi connectivity index (χ4n) is 1.30. The van der Waals surface area contributed by atoms with E-state index in [9.17, 15) is 4.79 Å². The molecule has 5 heteroatoms. The number of nitrogens with zero attached hydrogens (tertiary/aromatic N) is 1. The van der Waals surface area contributed by atoms with E-state index in [0.717, 1.165) is 10.2 Å². The number of nitrogens with one attached hydrogen (secondary N) is 1. The number of rotatable bonds is 3. The van der Waals surface area contributed by atoms with Crippen LogP contribution in [0.3, 0.4) is 0 Å². The zero-order valence-corrected chi connectivity index (χ0v) is 9.94. The molecule has 1 N–H and O–H groups in total. The Bertz CT molecular complexity index is 550. The van der Waals surface area contributed by atoms with Gasteiger partial charge < -0.3 is 5.32 Å². The minimum atomic E-state index is -0.119. The molecule has 0 radical (unpaired) electrons. The summed E-state index contributed by atoms with van der Waals surface area (Å²) in [5, 5.41) is 2.71. The minimum absolute atomic E-state index is 0.119. The van der Waals surface area contributed by atoms with Crippen molar-refractivity contribution in [3.8, 4) is 0 Å². The van der Waals surface area contributed by atoms with Gasteiger partial charge in [0.15, 0.2) is 4.47 Å². The van der Waals surface area contributed by atoms with E-state index in [1.165, 1.54) is 11.3 Å². The number of benzene rings is 1. The highest BCUT2D eigenvalue weighted by atomic mass is 35.5. The van der Waals surface area contributed by atoms with Crippen LogP contribution >= 0.6 is 22.9 Å². The molecule has 0 saturated carbocycles. The van der Waals surface area contributed by atoms with Crippen molar-refractivity contribution in [2.75, 3.05) is 6.54 Å². The SMILES string of the molecule is C=CCNC(=O)c1ccc2nc(Cl)sc2c1. The van der Waals surface area contributed by atoms with Crippen LogP contribution in [0.4, 0.5) is 0 Å². The number of carbonyl (C=O) groups excluding carboxylic acids is 1. The molecule has 0 saturated heterocycles. The second-order valence-corrected chi connectivity index (χ2v) is 4.76. The number of hydrogen-bond donors (Lipinski definition) is 1. The Labute approximate surface area is 102 Å². The molecule has 0 aliphatic carbocycles. The first-order chi connectivity index (χ1) is 7.70. The van der Waals surface area contributed by atoms with Crippen LogP contribution < -0.4 is 5.32 Å². The summed E-state index contributed by atoms with van der Waals surface area (Å²) in [5.74, 6) is -0.119. The molecule has 2 aromatic rings.